The van der Waals surface area contributed by atoms with Crippen molar-refractivity contribution in [3.05, 3.63) is 48.8 Å². The second-order valence-corrected chi connectivity index (χ2v) is 7.34. The smallest absolute Gasteiger partial charge is 0.266 e. The van der Waals surface area contributed by atoms with Crippen LogP contribution in [-0.4, -0.2) is 41.2 Å². The van der Waals surface area contributed by atoms with Crippen molar-refractivity contribution in [2.24, 2.45) is 0 Å². The lowest BCUT2D eigenvalue weighted by Crippen LogP contribution is -2.16. The van der Waals surface area contributed by atoms with Gasteiger partial charge in [0.25, 0.3) is 10.0 Å². The van der Waals surface area contributed by atoms with E-state index in [-0.39, 0.29) is 16.5 Å². The van der Waals surface area contributed by atoms with Crippen LogP contribution in [-0.2, 0) is 10.0 Å². The van der Waals surface area contributed by atoms with E-state index in [4.69, 9.17) is 9.47 Å². The Morgan fingerprint density at radius 3 is 2.54 bits per heavy atom. The Morgan fingerprint density at radius 1 is 1.07 bits per heavy atom. The van der Waals surface area contributed by atoms with E-state index in [0.717, 1.165) is 5.82 Å². The normalized spacial score (nSPS) is 11.2. The monoisotopic (exact) mass is 403 g/mol. The summed E-state index contributed by atoms with van der Waals surface area (Å²) in [6.45, 7) is 6.17. The van der Waals surface area contributed by atoms with Crippen LogP contribution >= 0.6 is 0 Å². The number of hydrogen-bond donors (Lipinski definition) is 1. The molecule has 0 aliphatic rings. The molecule has 0 atom stereocenters. The van der Waals surface area contributed by atoms with Crippen LogP contribution in [0.3, 0.4) is 0 Å². The fraction of sp³-hybridized carbons (Fsp3) is 0.278. The molecular formula is C18H21N5O4S. The zero-order valence-corrected chi connectivity index (χ0v) is 16.6. The maximum absolute atomic E-state index is 13.0. The van der Waals surface area contributed by atoms with Crippen LogP contribution in [0.1, 0.15) is 19.7 Å². The van der Waals surface area contributed by atoms with Gasteiger partial charge in [0.1, 0.15) is 40.2 Å². The lowest BCUT2D eigenvalue weighted by Gasteiger charge is -2.14. The zero-order valence-electron chi connectivity index (χ0n) is 15.8. The molecule has 0 aliphatic heterocycles. The van der Waals surface area contributed by atoms with Crippen molar-refractivity contribution in [1.82, 2.24) is 19.5 Å². The van der Waals surface area contributed by atoms with Crippen molar-refractivity contribution in [3.8, 4) is 17.3 Å². The Bertz CT molecular complexity index is 1070. The fourth-order valence-corrected chi connectivity index (χ4v) is 3.74. The van der Waals surface area contributed by atoms with Gasteiger partial charge in [0.15, 0.2) is 0 Å². The number of anilines is 1. The van der Waals surface area contributed by atoms with Crippen LogP contribution in [0.4, 0.5) is 5.82 Å². The van der Waals surface area contributed by atoms with Gasteiger partial charge in [-0.15, -0.1) is 0 Å². The Morgan fingerprint density at radius 2 is 1.86 bits per heavy atom. The van der Waals surface area contributed by atoms with Crippen LogP contribution < -0.4 is 14.2 Å². The van der Waals surface area contributed by atoms with E-state index >= 15 is 0 Å². The maximum Gasteiger partial charge on any atom is 0.266 e. The van der Waals surface area contributed by atoms with Crippen molar-refractivity contribution in [3.63, 3.8) is 0 Å². The molecule has 28 heavy (non-hydrogen) atoms. The van der Waals surface area contributed by atoms with E-state index in [1.165, 1.54) is 18.5 Å². The second kappa shape index (κ2) is 8.26. The average Bonchev–Trinajstić information content (AvgIpc) is 3.09. The van der Waals surface area contributed by atoms with Gasteiger partial charge < -0.3 is 9.47 Å². The Balaban J connectivity index is 1.96. The molecule has 2 heterocycles. The summed E-state index contributed by atoms with van der Waals surface area (Å²) in [4.78, 5) is 12.3. The highest BCUT2D eigenvalue weighted by Crippen LogP contribution is 2.30. The largest absolute Gasteiger partial charge is 0.494 e. The minimum atomic E-state index is -3.97. The summed E-state index contributed by atoms with van der Waals surface area (Å²) in [5.74, 6) is 2.01. The number of benzene rings is 1. The van der Waals surface area contributed by atoms with Crippen molar-refractivity contribution in [2.45, 2.75) is 25.7 Å². The predicted molar refractivity (Wildman–Crippen MR) is 103 cm³/mol. The first-order valence-corrected chi connectivity index (χ1v) is 10.2. The first-order chi connectivity index (χ1) is 13.4. The van der Waals surface area contributed by atoms with Crippen LogP contribution in [0.2, 0.25) is 0 Å². The number of aryl methyl sites for hydroxylation is 1. The molecule has 0 amide bonds. The summed E-state index contributed by atoms with van der Waals surface area (Å²) in [5.41, 5.74) is 0. The Labute approximate surface area is 163 Å². The van der Waals surface area contributed by atoms with Crippen molar-refractivity contribution < 1.29 is 17.9 Å². The number of nitrogens with one attached hydrogen (secondary N) is 1. The van der Waals surface area contributed by atoms with Gasteiger partial charge in [-0.1, -0.05) is 0 Å². The number of aromatic nitrogens is 4. The summed E-state index contributed by atoms with van der Waals surface area (Å²) >= 11 is 0. The number of ether oxygens (including phenoxy) is 2. The van der Waals surface area contributed by atoms with Crippen molar-refractivity contribution in [1.29, 1.82) is 0 Å². The lowest BCUT2D eigenvalue weighted by molar-refractivity contribution is 0.322. The Hall–Kier alpha value is -3.14. The van der Waals surface area contributed by atoms with Crippen LogP contribution in [0.15, 0.2) is 47.9 Å². The van der Waals surface area contributed by atoms with Gasteiger partial charge in [-0.25, -0.2) is 23.4 Å². The van der Waals surface area contributed by atoms with E-state index in [1.54, 1.807) is 36.0 Å². The molecule has 148 valence electrons. The predicted octanol–water partition coefficient (Wildman–Crippen LogP) is 2.57. The van der Waals surface area contributed by atoms with E-state index in [1.807, 2.05) is 13.8 Å². The first-order valence-electron chi connectivity index (χ1n) is 8.69. The SMILES string of the molecule is CCOc1ccc(OCC)c(S(=O)(=O)Nc2cc(-n3ccnc3C)ncn2)c1. The molecule has 3 aromatic rings. The molecular weight excluding hydrogens is 382 g/mol. The number of sulfonamides is 1. The molecule has 3 rings (SSSR count). The molecule has 9 nitrogen and oxygen atoms in total. The van der Waals surface area contributed by atoms with Gasteiger partial charge in [0.05, 0.1) is 13.2 Å². The topological polar surface area (TPSA) is 108 Å². The maximum atomic E-state index is 13.0. The van der Waals surface area contributed by atoms with E-state index in [2.05, 4.69) is 19.7 Å². The van der Waals surface area contributed by atoms with Crippen molar-refractivity contribution >= 4 is 15.8 Å². The molecule has 0 saturated carbocycles. The van der Waals surface area contributed by atoms with Crippen molar-refractivity contribution in [2.75, 3.05) is 17.9 Å². The third kappa shape index (κ3) is 4.22. The first kappa shape index (κ1) is 19.6. The van der Waals surface area contributed by atoms with Gasteiger partial charge in [-0.05, 0) is 32.9 Å². The van der Waals surface area contributed by atoms with E-state index < -0.39 is 10.0 Å². The molecule has 0 bridgehead atoms. The van der Waals surface area contributed by atoms with E-state index in [0.29, 0.717) is 24.8 Å². The molecule has 1 N–H and O–H groups in total. The van der Waals surface area contributed by atoms with Crippen LogP contribution in [0.5, 0.6) is 11.5 Å². The zero-order chi connectivity index (χ0) is 20.1. The third-order valence-electron chi connectivity index (χ3n) is 3.78. The quantitative estimate of drug-likeness (QED) is 0.616. The van der Waals surface area contributed by atoms with Gasteiger partial charge in [-0.2, -0.15) is 0 Å². The van der Waals surface area contributed by atoms with Gasteiger partial charge in [0.2, 0.25) is 0 Å². The minimum Gasteiger partial charge on any atom is -0.494 e. The molecule has 0 aliphatic carbocycles. The molecule has 1 aromatic carbocycles. The van der Waals surface area contributed by atoms with Gasteiger partial charge in [-0.3, -0.25) is 9.29 Å². The standard InChI is InChI=1S/C18H21N5O4S/c1-4-26-14-6-7-15(27-5-2)16(10-14)28(24,25)22-17-11-18(21-12-20-17)23-9-8-19-13(23)3/h6-12H,4-5H2,1-3H3,(H,20,21,22). The molecule has 0 unspecified atom stereocenters. The minimum absolute atomic E-state index is 0.0285. The molecule has 0 radical (unpaired) electrons. The molecule has 0 fully saturated rings. The highest BCUT2D eigenvalue weighted by atomic mass is 32.2. The highest BCUT2D eigenvalue weighted by Gasteiger charge is 2.22. The van der Waals surface area contributed by atoms with Gasteiger partial charge in [0, 0.05) is 24.5 Å². The van der Waals surface area contributed by atoms with Crippen LogP contribution in [0, 0.1) is 6.92 Å². The third-order valence-corrected chi connectivity index (χ3v) is 5.16. The molecule has 2 aromatic heterocycles. The number of nitrogens with zero attached hydrogens (tertiary/aromatic N) is 4. The Kier molecular flexibility index (Phi) is 5.78. The number of rotatable bonds is 8. The summed E-state index contributed by atoms with van der Waals surface area (Å²) in [7, 11) is -3.97. The average molecular weight is 403 g/mol. The fourth-order valence-electron chi connectivity index (χ4n) is 2.58. The number of imidazole rings is 1. The second-order valence-electron chi connectivity index (χ2n) is 5.69. The summed E-state index contributed by atoms with van der Waals surface area (Å²) in [6.07, 6.45) is 4.65. The number of hydrogen-bond acceptors (Lipinski definition) is 7. The molecule has 0 spiro atoms. The summed E-state index contributed by atoms with van der Waals surface area (Å²) in [6, 6.07) is 6.19. The van der Waals surface area contributed by atoms with Gasteiger partial charge >= 0.3 is 0 Å². The molecule has 10 heteroatoms. The van der Waals surface area contributed by atoms with E-state index in [9.17, 15) is 8.42 Å². The summed E-state index contributed by atoms with van der Waals surface area (Å²) < 4.78 is 41.1. The lowest BCUT2D eigenvalue weighted by atomic mass is 10.3. The highest BCUT2D eigenvalue weighted by molar-refractivity contribution is 7.92. The van der Waals surface area contributed by atoms with Crippen LogP contribution in [0.25, 0.3) is 5.82 Å². The summed E-state index contributed by atoms with van der Waals surface area (Å²) in [5, 5.41) is 0. The molecule has 0 saturated heterocycles.